The van der Waals surface area contributed by atoms with Gasteiger partial charge in [-0.05, 0) is 6.92 Å². The maximum atomic E-state index is 4.97. The lowest BCUT2D eigenvalue weighted by atomic mass is 10.2. The number of methoxy groups -OCH3 is 1. The highest BCUT2D eigenvalue weighted by molar-refractivity contribution is 7.09. The van der Waals surface area contributed by atoms with Gasteiger partial charge in [0.2, 0.25) is 5.13 Å². The van der Waals surface area contributed by atoms with E-state index in [1.165, 1.54) is 11.5 Å². The summed E-state index contributed by atoms with van der Waals surface area (Å²) in [5, 5.41) is 8.22. The Morgan fingerprint density at radius 2 is 2.35 bits per heavy atom. The van der Waals surface area contributed by atoms with Gasteiger partial charge in [0.05, 0.1) is 6.20 Å². The average molecular weight is 253 g/mol. The Hall–Kier alpha value is -1.47. The molecule has 0 spiro atoms. The molecular formula is C10H15N5OS. The summed E-state index contributed by atoms with van der Waals surface area (Å²) >= 11 is 1.34. The first kappa shape index (κ1) is 12.0. The second-order valence-corrected chi connectivity index (χ2v) is 4.43. The SMILES string of the molecule is COCc1nsc(NCc2cnn(C)c2C)n1. The lowest BCUT2D eigenvalue weighted by molar-refractivity contribution is 0.179. The smallest absolute Gasteiger partial charge is 0.202 e. The molecule has 2 aromatic rings. The molecule has 17 heavy (non-hydrogen) atoms. The van der Waals surface area contributed by atoms with E-state index in [1.807, 2.05) is 24.9 Å². The van der Waals surface area contributed by atoms with Crippen molar-refractivity contribution in [3.05, 3.63) is 23.3 Å². The fourth-order valence-corrected chi connectivity index (χ4v) is 1.97. The topological polar surface area (TPSA) is 64.9 Å². The number of anilines is 1. The summed E-state index contributed by atoms with van der Waals surface area (Å²) in [7, 11) is 3.56. The molecule has 2 aromatic heterocycles. The van der Waals surface area contributed by atoms with Gasteiger partial charge in [0, 0.05) is 43.5 Å². The van der Waals surface area contributed by atoms with E-state index in [0.717, 1.165) is 16.4 Å². The van der Waals surface area contributed by atoms with Crippen molar-refractivity contribution in [2.45, 2.75) is 20.1 Å². The van der Waals surface area contributed by atoms with E-state index in [-0.39, 0.29) is 0 Å². The Labute approximate surface area is 104 Å². The molecule has 2 rings (SSSR count). The minimum atomic E-state index is 0.449. The Morgan fingerprint density at radius 3 is 3.00 bits per heavy atom. The van der Waals surface area contributed by atoms with E-state index in [0.29, 0.717) is 19.0 Å². The van der Waals surface area contributed by atoms with E-state index < -0.39 is 0 Å². The lowest BCUT2D eigenvalue weighted by Gasteiger charge is -2.01. The monoisotopic (exact) mass is 253 g/mol. The number of ether oxygens (including phenoxy) is 1. The van der Waals surface area contributed by atoms with Gasteiger partial charge < -0.3 is 10.1 Å². The normalized spacial score (nSPS) is 10.8. The minimum Gasteiger partial charge on any atom is -0.377 e. The highest BCUT2D eigenvalue weighted by Gasteiger charge is 2.06. The van der Waals surface area contributed by atoms with Crippen LogP contribution in [0.5, 0.6) is 0 Å². The summed E-state index contributed by atoms with van der Waals surface area (Å²) in [5.41, 5.74) is 2.31. The van der Waals surface area contributed by atoms with Gasteiger partial charge in [-0.3, -0.25) is 4.68 Å². The van der Waals surface area contributed by atoms with Crippen molar-refractivity contribution in [3.8, 4) is 0 Å². The number of rotatable bonds is 5. The molecule has 92 valence electrons. The summed E-state index contributed by atoms with van der Waals surface area (Å²) in [6.07, 6.45) is 1.86. The first-order chi connectivity index (χ1) is 8.20. The highest BCUT2D eigenvalue weighted by atomic mass is 32.1. The van der Waals surface area contributed by atoms with Crippen LogP contribution in [0.25, 0.3) is 0 Å². The van der Waals surface area contributed by atoms with Crippen LogP contribution in [-0.4, -0.2) is 26.2 Å². The first-order valence-electron chi connectivity index (χ1n) is 5.23. The van der Waals surface area contributed by atoms with E-state index in [4.69, 9.17) is 4.74 Å². The predicted molar refractivity (Wildman–Crippen MR) is 65.9 cm³/mol. The molecule has 0 atom stereocenters. The van der Waals surface area contributed by atoms with Crippen LogP contribution in [0.4, 0.5) is 5.13 Å². The molecule has 0 unspecified atom stereocenters. The first-order valence-corrected chi connectivity index (χ1v) is 6.01. The lowest BCUT2D eigenvalue weighted by Crippen LogP contribution is -2.01. The summed E-state index contributed by atoms with van der Waals surface area (Å²) in [4.78, 5) is 4.30. The Morgan fingerprint density at radius 1 is 1.53 bits per heavy atom. The van der Waals surface area contributed by atoms with E-state index in [2.05, 4.69) is 19.8 Å². The van der Waals surface area contributed by atoms with Crippen molar-refractivity contribution in [2.24, 2.45) is 7.05 Å². The summed E-state index contributed by atoms with van der Waals surface area (Å²) in [6, 6.07) is 0. The van der Waals surface area contributed by atoms with Crippen LogP contribution in [0.15, 0.2) is 6.20 Å². The van der Waals surface area contributed by atoms with Crippen LogP contribution in [0, 0.1) is 6.92 Å². The van der Waals surface area contributed by atoms with Gasteiger partial charge in [0.15, 0.2) is 5.82 Å². The largest absolute Gasteiger partial charge is 0.377 e. The van der Waals surface area contributed by atoms with Crippen molar-refractivity contribution >= 4 is 16.7 Å². The number of hydrogen-bond acceptors (Lipinski definition) is 6. The van der Waals surface area contributed by atoms with Crippen LogP contribution in [-0.2, 0) is 24.9 Å². The zero-order valence-corrected chi connectivity index (χ0v) is 10.9. The van der Waals surface area contributed by atoms with Gasteiger partial charge in [-0.2, -0.15) is 9.47 Å². The molecule has 0 aliphatic rings. The van der Waals surface area contributed by atoms with Crippen molar-refractivity contribution in [1.29, 1.82) is 0 Å². The fraction of sp³-hybridized carbons (Fsp3) is 0.500. The zero-order valence-electron chi connectivity index (χ0n) is 10.1. The number of aryl methyl sites for hydroxylation is 1. The molecule has 0 aromatic carbocycles. The molecule has 0 saturated heterocycles. The average Bonchev–Trinajstić information content (AvgIpc) is 2.87. The quantitative estimate of drug-likeness (QED) is 0.871. The fourth-order valence-electron chi connectivity index (χ4n) is 1.40. The van der Waals surface area contributed by atoms with E-state index in [9.17, 15) is 0 Å². The van der Waals surface area contributed by atoms with Crippen LogP contribution in [0.1, 0.15) is 17.1 Å². The molecule has 1 N–H and O–H groups in total. The second kappa shape index (κ2) is 5.24. The second-order valence-electron chi connectivity index (χ2n) is 3.68. The van der Waals surface area contributed by atoms with Gasteiger partial charge in [-0.25, -0.2) is 4.98 Å². The van der Waals surface area contributed by atoms with Gasteiger partial charge in [0.1, 0.15) is 6.61 Å². The van der Waals surface area contributed by atoms with Crippen LogP contribution in [0.3, 0.4) is 0 Å². The summed E-state index contributed by atoms with van der Waals surface area (Å²) in [5.74, 6) is 0.711. The van der Waals surface area contributed by atoms with Crippen molar-refractivity contribution in [2.75, 3.05) is 12.4 Å². The number of nitrogens with one attached hydrogen (secondary N) is 1. The molecule has 0 fully saturated rings. The van der Waals surface area contributed by atoms with Gasteiger partial charge in [-0.15, -0.1) is 0 Å². The third kappa shape index (κ3) is 2.80. The summed E-state index contributed by atoms with van der Waals surface area (Å²) < 4.78 is 11.0. The van der Waals surface area contributed by atoms with Crippen molar-refractivity contribution in [3.63, 3.8) is 0 Å². The van der Waals surface area contributed by atoms with Crippen molar-refractivity contribution in [1.82, 2.24) is 19.1 Å². The van der Waals surface area contributed by atoms with Crippen LogP contribution in [0.2, 0.25) is 0 Å². The molecule has 2 heterocycles. The van der Waals surface area contributed by atoms with Gasteiger partial charge in [0.25, 0.3) is 0 Å². The molecule has 0 aliphatic carbocycles. The molecule has 7 heteroatoms. The molecule has 0 bridgehead atoms. The van der Waals surface area contributed by atoms with Crippen molar-refractivity contribution < 1.29 is 4.74 Å². The predicted octanol–water partition coefficient (Wildman–Crippen LogP) is 1.34. The third-order valence-corrected chi connectivity index (χ3v) is 3.22. The molecular weight excluding hydrogens is 238 g/mol. The van der Waals surface area contributed by atoms with Crippen LogP contribution < -0.4 is 5.32 Å². The molecule has 0 saturated carbocycles. The minimum absolute atomic E-state index is 0.449. The third-order valence-electron chi connectivity index (χ3n) is 2.51. The van der Waals surface area contributed by atoms with Crippen LogP contribution >= 0.6 is 11.5 Å². The standard InChI is InChI=1S/C10H15N5OS/c1-7-8(5-12-15(7)2)4-11-10-13-9(6-16-3)14-17-10/h5H,4,6H2,1-3H3,(H,11,13,14). The molecule has 0 aliphatic heterocycles. The number of aromatic nitrogens is 4. The Bertz CT molecular complexity index is 493. The molecule has 6 nitrogen and oxygen atoms in total. The maximum absolute atomic E-state index is 4.97. The van der Waals surface area contributed by atoms with Gasteiger partial charge >= 0.3 is 0 Å². The highest BCUT2D eigenvalue weighted by Crippen LogP contribution is 2.14. The number of hydrogen-bond donors (Lipinski definition) is 1. The van der Waals surface area contributed by atoms with Gasteiger partial charge in [-0.1, -0.05) is 0 Å². The maximum Gasteiger partial charge on any atom is 0.202 e. The zero-order chi connectivity index (χ0) is 12.3. The van der Waals surface area contributed by atoms with E-state index >= 15 is 0 Å². The molecule has 0 amide bonds. The number of nitrogens with zero attached hydrogens (tertiary/aromatic N) is 4. The van der Waals surface area contributed by atoms with E-state index in [1.54, 1.807) is 7.11 Å². The molecule has 0 radical (unpaired) electrons. The Balaban J connectivity index is 1.95. The Kier molecular flexibility index (Phi) is 3.70. The summed E-state index contributed by atoms with van der Waals surface area (Å²) in [6.45, 7) is 3.20.